The molecule has 1 aromatic rings. The molecule has 1 aromatic carbocycles. The fraction of sp³-hybridized carbons (Fsp3) is 0.455. The summed E-state index contributed by atoms with van der Waals surface area (Å²) in [4.78, 5) is 0. The van der Waals surface area contributed by atoms with Crippen LogP contribution in [0.3, 0.4) is 0 Å². The molecule has 1 saturated carbocycles. The quantitative estimate of drug-likeness (QED) is 0.749. The van der Waals surface area contributed by atoms with Crippen LogP contribution in [0.25, 0.3) is 0 Å². The molecule has 0 radical (unpaired) electrons. The lowest BCUT2D eigenvalue weighted by molar-refractivity contribution is 0.191. The molecule has 2 rings (SSSR count). The minimum atomic E-state index is 0.222. The molecule has 0 spiro atoms. The number of rotatable bonds is 2. The van der Waals surface area contributed by atoms with Gasteiger partial charge in [-0.05, 0) is 31.4 Å². The highest BCUT2D eigenvalue weighted by molar-refractivity contribution is 5.21. The summed E-state index contributed by atoms with van der Waals surface area (Å²) in [5, 5.41) is 0. The third kappa shape index (κ3) is 2.01. The zero-order chi connectivity index (χ0) is 9.10. The van der Waals surface area contributed by atoms with E-state index in [9.17, 15) is 0 Å². The van der Waals surface area contributed by atoms with Gasteiger partial charge in [-0.2, -0.15) is 0 Å². The molecule has 2 atom stereocenters. The molecule has 0 aliphatic heterocycles. The topological polar surface area (TPSA) is 35.2 Å². The van der Waals surface area contributed by atoms with E-state index >= 15 is 0 Å². The van der Waals surface area contributed by atoms with Gasteiger partial charge < -0.3 is 10.5 Å². The van der Waals surface area contributed by atoms with E-state index in [1.807, 2.05) is 30.3 Å². The van der Waals surface area contributed by atoms with E-state index in [1.54, 1.807) is 0 Å². The third-order valence-corrected chi connectivity index (χ3v) is 2.53. The Balaban J connectivity index is 1.98. The first-order chi connectivity index (χ1) is 6.36. The van der Waals surface area contributed by atoms with Gasteiger partial charge >= 0.3 is 0 Å². The molecule has 0 heterocycles. The van der Waals surface area contributed by atoms with Crippen molar-refractivity contribution >= 4 is 0 Å². The number of nitrogens with two attached hydrogens (primary N) is 1. The van der Waals surface area contributed by atoms with Crippen molar-refractivity contribution in [3.63, 3.8) is 0 Å². The van der Waals surface area contributed by atoms with Gasteiger partial charge in [-0.1, -0.05) is 18.2 Å². The molecule has 1 fully saturated rings. The van der Waals surface area contributed by atoms with E-state index in [1.165, 1.54) is 6.42 Å². The summed E-state index contributed by atoms with van der Waals surface area (Å²) in [5.74, 6) is 0.935. The van der Waals surface area contributed by atoms with E-state index < -0.39 is 0 Å². The van der Waals surface area contributed by atoms with Crippen LogP contribution in [-0.2, 0) is 0 Å². The first kappa shape index (κ1) is 8.57. The highest BCUT2D eigenvalue weighted by Gasteiger charge is 2.25. The second-order valence-electron chi connectivity index (χ2n) is 3.56. The Hall–Kier alpha value is -1.02. The largest absolute Gasteiger partial charge is 0.489 e. The lowest BCUT2D eigenvalue weighted by atomic mass is 10.2. The van der Waals surface area contributed by atoms with Crippen molar-refractivity contribution < 1.29 is 4.74 Å². The summed E-state index contributed by atoms with van der Waals surface area (Å²) in [6, 6.07) is 10.1. The Kier molecular flexibility index (Phi) is 2.50. The molecule has 0 saturated heterocycles. The zero-order valence-corrected chi connectivity index (χ0v) is 7.65. The first-order valence-electron chi connectivity index (χ1n) is 4.83. The van der Waals surface area contributed by atoms with Gasteiger partial charge in [-0.3, -0.25) is 0 Å². The molecule has 13 heavy (non-hydrogen) atoms. The van der Waals surface area contributed by atoms with Gasteiger partial charge in [0.2, 0.25) is 0 Å². The summed E-state index contributed by atoms with van der Waals surface area (Å²) < 4.78 is 5.76. The molecule has 2 nitrogen and oxygen atoms in total. The predicted molar refractivity (Wildman–Crippen MR) is 52.7 cm³/mol. The van der Waals surface area contributed by atoms with Gasteiger partial charge in [-0.15, -0.1) is 0 Å². The van der Waals surface area contributed by atoms with Crippen molar-refractivity contribution in [1.29, 1.82) is 0 Å². The van der Waals surface area contributed by atoms with Crippen LogP contribution >= 0.6 is 0 Å². The monoisotopic (exact) mass is 177 g/mol. The van der Waals surface area contributed by atoms with Crippen molar-refractivity contribution in [2.75, 3.05) is 0 Å². The van der Waals surface area contributed by atoms with Gasteiger partial charge in [0.05, 0.1) is 0 Å². The van der Waals surface area contributed by atoms with Crippen LogP contribution in [0.4, 0.5) is 0 Å². The first-order valence-corrected chi connectivity index (χ1v) is 4.83. The van der Waals surface area contributed by atoms with E-state index in [-0.39, 0.29) is 12.1 Å². The highest BCUT2D eigenvalue weighted by Crippen LogP contribution is 2.22. The Morgan fingerprint density at radius 3 is 2.54 bits per heavy atom. The molecule has 0 aromatic heterocycles. The normalized spacial score (nSPS) is 27.5. The molecule has 2 heteroatoms. The Labute approximate surface area is 78.7 Å². The molecular weight excluding hydrogens is 162 g/mol. The van der Waals surface area contributed by atoms with Crippen LogP contribution in [0, 0.1) is 0 Å². The Morgan fingerprint density at radius 2 is 1.92 bits per heavy atom. The minimum Gasteiger partial charge on any atom is -0.489 e. The van der Waals surface area contributed by atoms with Crippen LogP contribution in [0.15, 0.2) is 30.3 Å². The average Bonchev–Trinajstić information content (AvgIpc) is 2.54. The van der Waals surface area contributed by atoms with E-state index in [2.05, 4.69) is 0 Å². The fourth-order valence-corrected chi connectivity index (χ4v) is 1.77. The molecule has 1 aliphatic carbocycles. The zero-order valence-electron chi connectivity index (χ0n) is 7.65. The van der Waals surface area contributed by atoms with E-state index in [4.69, 9.17) is 10.5 Å². The molecule has 0 unspecified atom stereocenters. The molecule has 2 N–H and O–H groups in total. The van der Waals surface area contributed by atoms with Gasteiger partial charge in [0.25, 0.3) is 0 Å². The molecule has 0 amide bonds. The number of benzene rings is 1. The summed E-state index contributed by atoms with van der Waals surface area (Å²) in [6.45, 7) is 0. The Bertz CT molecular complexity index is 260. The van der Waals surface area contributed by atoms with Crippen LogP contribution < -0.4 is 10.5 Å². The van der Waals surface area contributed by atoms with Crippen molar-refractivity contribution in [2.24, 2.45) is 5.73 Å². The predicted octanol–water partition coefficient (Wildman–Crippen LogP) is 1.95. The maximum atomic E-state index is 5.90. The fourth-order valence-electron chi connectivity index (χ4n) is 1.77. The highest BCUT2D eigenvalue weighted by atomic mass is 16.5. The van der Waals surface area contributed by atoms with E-state index in [0.29, 0.717) is 0 Å². The summed E-state index contributed by atoms with van der Waals surface area (Å²) in [5.41, 5.74) is 5.90. The number of hydrogen-bond acceptors (Lipinski definition) is 2. The Morgan fingerprint density at radius 1 is 1.15 bits per heavy atom. The van der Waals surface area contributed by atoms with Crippen molar-refractivity contribution in [1.82, 2.24) is 0 Å². The lowest BCUT2D eigenvalue weighted by Gasteiger charge is -2.17. The average molecular weight is 177 g/mol. The standard InChI is InChI=1S/C11H15NO/c12-10-7-4-8-11(10)13-9-5-2-1-3-6-9/h1-3,5-6,10-11H,4,7-8,12H2/t10-,11-/m1/s1. The van der Waals surface area contributed by atoms with Crippen LogP contribution in [0.1, 0.15) is 19.3 Å². The maximum absolute atomic E-state index is 5.90. The van der Waals surface area contributed by atoms with Crippen molar-refractivity contribution in [3.05, 3.63) is 30.3 Å². The van der Waals surface area contributed by atoms with E-state index in [0.717, 1.165) is 18.6 Å². The van der Waals surface area contributed by atoms with Crippen molar-refractivity contribution in [3.8, 4) is 5.75 Å². The minimum absolute atomic E-state index is 0.222. The van der Waals surface area contributed by atoms with Gasteiger partial charge in [0.1, 0.15) is 11.9 Å². The second kappa shape index (κ2) is 3.79. The number of para-hydroxylation sites is 1. The number of hydrogen-bond donors (Lipinski definition) is 1. The summed E-state index contributed by atoms with van der Waals surface area (Å²) >= 11 is 0. The van der Waals surface area contributed by atoms with Gasteiger partial charge in [0, 0.05) is 6.04 Å². The van der Waals surface area contributed by atoms with Gasteiger partial charge in [0.15, 0.2) is 0 Å². The third-order valence-electron chi connectivity index (χ3n) is 2.53. The molecule has 70 valence electrons. The van der Waals surface area contributed by atoms with Crippen LogP contribution in [-0.4, -0.2) is 12.1 Å². The second-order valence-corrected chi connectivity index (χ2v) is 3.56. The molecule has 0 bridgehead atoms. The lowest BCUT2D eigenvalue weighted by Crippen LogP contribution is -2.33. The summed E-state index contributed by atoms with van der Waals surface area (Å²) in [7, 11) is 0. The maximum Gasteiger partial charge on any atom is 0.119 e. The SMILES string of the molecule is N[C@@H]1CCC[C@H]1Oc1ccccc1. The molecule has 1 aliphatic rings. The smallest absolute Gasteiger partial charge is 0.119 e. The number of ether oxygens (including phenoxy) is 1. The summed E-state index contributed by atoms with van der Waals surface area (Å²) in [6.07, 6.45) is 3.61. The van der Waals surface area contributed by atoms with Crippen LogP contribution in [0.2, 0.25) is 0 Å². The molecular formula is C11H15NO. The van der Waals surface area contributed by atoms with Gasteiger partial charge in [-0.25, -0.2) is 0 Å². The van der Waals surface area contributed by atoms with Crippen molar-refractivity contribution in [2.45, 2.75) is 31.4 Å². The van der Waals surface area contributed by atoms with Crippen LogP contribution in [0.5, 0.6) is 5.75 Å².